The first kappa shape index (κ1) is 11.4. The minimum absolute atomic E-state index is 0.351. The average Bonchev–Trinajstić information content (AvgIpc) is 2.80. The molecule has 0 fully saturated rings. The highest BCUT2D eigenvalue weighted by atomic mass is 16.2. The van der Waals surface area contributed by atoms with Crippen LogP contribution in [0, 0.1) is 6.92 Å². The number of fused-ring (bicyclic) bond motifs is 1. The lowest BCUT2D eigenvalue weighted by molar-refractivity contribution is 0.874. The van der Waals surface area contributed by atoms with Crippen molar-refractivity contribution in [1.29, 1.82) is 0 Å². The molecule has 7 nitrogen and oxygen atoms in total. The summed E-state index contributed by atoms with van der Waals surface area (Å²) in [5, 5.41) is 13.4. The molecule has 2 N–H and O–H groups in total. The number of nitrogens with zero attached hydrogens (tertiary/aromatic N) is 4. The molecular formula is C12H12N6O. The molecular weight excluding hydrogens is 244 g/mol. The Labute approximate surface area is 108 Å². The Morgan fingerprint density at radius 1 is 1.32 bits per heavy atom. The third kappa shape index (κ3) is 2.30. The first-order chi connectivity index (χ1) is 9.22. The van der Waals surface area contributed by atoms with Crippen LogP contribution in [0.2, 0.25) is 0 Å². The van der Waals surface area contributed by atoms with Crippen LogP contribution in [0.3, 0.4) is 0 Å². The van der Waals surface area contributed by atoms with Crippen molar-refractivity contribution in [2.45, 2.75) is 13.5 Å². The van der Waals surface area contributed by atoms with Gasteiger partial charge in [0.2, 0.25) is 0 Å². The van der Waals surface area contributed by atoms with Gasteiger partial charge in [-0.1, -0.05) is 6.07 Å². The first-order valence-corrected chi connectivity index (χ1v) is 5.82. The van der Waals surface area contributed by atoms with Crippen molar-refractivity contribution in [2.24, 2.45) is 0 Å². The van der Waals surface area contributed by atoms with Gasteiger partial charge in [0.1, 0.15) is 5.82 Å². The van der Waals surface area contributed by atoms with Crippen molar-refractivity contribution in [1.82, 2.24) is 24.8 Å². The van der Waals surface area contributed by atoms with Crippen molar-refractivity contribution in [3.63, 3.8) is 0 Å². The van der Waals surface area contributed by atoms with Crippen LogP contribution in [0.25, 0.3) is 5.65 Å². The van der Waals surface area contributed by atoms with Crippen molar-refractivity contribution in [3.8, 4) is 0 Å². The molecule has 0 atom stereocenters. The van der Waals surface area contributed by atoms with Crippen LogP contribution in [-0.2, 0) is 6.54 Å². The molecule has 3 rings (SSSR count). The van der Waals surface area contributed by atoms with E-state index in [4.69, 9.17) is 0 Å². The SMILES string of the molecule is Cc1ccc(CNc2ccc3n[nH]c(=O)n3n2)cn1. The zero-order valence-corrected chi connectivity index (χ0v) is 10.3. The molecule has 3 aromatic rings. The maximum atomic E-state index is 11.4. The van der Waals surface area contributed by atoms with Crippen molar-refractivity contribution < 1.29 is 0 Å². The molecule has 3 aromatic heterocycles. The second-order valence-electron chi connectivity index (χ2n) is 4.18. The van der Waals surface area contributed by atoms with Gasteiger partial charge in [-0.05, 0) is 30.7 Å². The van der Waals surface area contributed by atoms with Gasteiger partial charge < -0.3 is 5.32 Å². The molecule has 0 bridgehead atoms. The monoisotopic (exact) mass is 256 g/mol. The molecule has 0 saturated heterocycles. The predicted octanol–water partition coefficient (Wildman–Crippen LogP) is 0.733. The third-order valence-corrected chi connectivity index (χ3v) is 2.72. The van der Waals surface area contributed by atoms with Gasteiger partial charge in [0.15, 0.2) is 5.65 Å². The summed E-state index contributed by atoms with van der Waals surface area (Å²) in [4.78, 5) is 15.6. The number of hydrogen-bond acceptors (Lipinski definition) is 5. The fourth-order valence-electron chi connectivity index (χ4n) is 1.69. The molecule has 7 heteroatoms. The molecule has 0 amide bonds. The summed E-state index contributed by atoms with van der Waals surface area (Å²) in [7, 11) is 0. The summed E-state index contributed by atoms with van der Waals surface area (Å²) >= 11 is 0. The van der Waals surface area contributed by atoms with Gasteiger partial charge in [-0.25, -0.2) is 9.89 Å². The number of aryl methyl sites for hydroxylation is 1. The van der Waals surface area contributed by atoms with E-state index in [1.165, 1.54) is 4.52 Å². The van der Waals surface area contributed by atoms with E-state index >= 15 is 0 Å². The molecule has 96 valence electrons. The Bertz CT molecular complexity index is 758. The standard InChI is InChI=1S/C12H12N6O/c1-8-2-3-9(6-13-8)7-14-10-4-5-11-15-16-12(19)18(11)17-10/h2-6H,7H2,1H3,(H,14,17)(H,16,19). The largest absolute Gasteiger partial charge is 0.364 e. The molecule has 0 radical (unpaired) electrons. The van der Waals surface area contributed by atoms with Crippen LogP contribution in [0.15, 0.2) is 35.3 Å². The van der Waals surface area contributed by atoms with Crippen molar-refractivity contribution in [2.75, 3.05) is 5.32 Å². The number of nitrogens with one attached hydrogen (secondary N) is 2. The minimum Gasteiger partial charge on any atom is -0.364 e. The lowest BCUT2D eigenvalue weighted by Crippen LogP contribution is -2.14. The Morgan fingerprint density at radius 3 is 3.00 bits per heavy atom. The van der Waals surface area contributed by atoms with Crippen LogP contribution in [0.5, 0.6) is 0 Å². The maximum absolute atomic E-state index is 11.4. The molecule has 0 aromatic carbocycles. The van der Waals surface area contributed by atoms with Gasteiger partial charge in [-0.2, -0.15) is 9.61 Å². The minimum atomic E-state index is -0.351. The van der Waals surface area contributed by atoms with E-state index in [1.54, 1.807) is 12.1 Å². The summed E-state index contributed by atoms with van der Waals surface area (Å²) in [6.07, 6.45) is 1.81. The topological polar surface area (TPSA) is 88.0 Å². The Morgan fingerprint density at radius 2 is 2.21 bits per heavy atom. The summed E-state index contributed by atoms with van der Waals surface area (Å²) in [5.74, 6) is 0.608. The highest BCUT2D eigenvalue weighted by Crippen LogP contribution is 2.06. The number of rotatable bonds is 3. The number of aromatic nitrogens is 5. The Hall–Kier alpha value is -2.70. The van der Waals surface area contributed by atoms with Crippen LogP contribution >= 0.6 is 0 Å². The van der Waals surface area contributed by atoms with E-state index in [-0.39, 0.29) is 5.69 Å². The molecule has 0 saturated carbocycles. The molecule has 0 aliphatic rings. The van der Waals surface area contributed by atoms with Crippen LogP contribution in [0.4, 0.5) is 5.82 Å². The highest BCUT2D eigenvalue weighted by molar-refractivity contribution is 5.43. The molecule has 0 spiro atoms. The normalized spacial score (nSPS) is 10.8. The van der Waals surface area contributed by atoms with Crippen LogP contribution < -0.4 is 11.0 Å². The van der Waals surface area contributed by atoms with Gasteiger partial charge in [0, 0.05) is 18.4 Å². The summed E-state index contributed by atoms with van der Waals surface area (Å²) in [6.45, 7) is 2.54. The molecule has 3 heterocycles. The van der Waals surface area contributed by atoms with E-state index < -0.39 is 0 Å². The van der Waals surface area contributed by atoms with Gasteiger partial charge in [0.05, 0.1) is 0 Å². The zero-order valence-electron chi connectivity index (χ0n) is 10.3. The average molecular weight is 256 g/mol. The quantitative estimate of drug-likeness (QED) is 0.721. The van der Waals surface area contributed by atoms with Crippen LogP contribution in [0.1, 0.15) is 11.3 Å². The lowest BCUT2D eigenvalue weighted by Gasteiger charge is -2.05. The maximum Gasteiger partial charge on any atom is 0.364 e. The number of aromatic amines is 1. The van der Waals surface area contributed by atoms with Gasteiger partial charge in [-0.15, -0.1) is 5.10 Å². The van der Waals surface area contributed by atoms with Gasteiger partial charge in [0.25, 0.3) is 0 Å². The van der Waals surface area contributed by atoms with E-state index in [2.05, 4.69) is 25.6 Å². The predicted molar refractivity (Wildman–Crippen MR) is 69.9 cm³/mol. The summed E-state index contributed by atoms with van der Waals surface area (Å²) in [6, 6.07) is 7.45. The van der Waals surface area contributed by atoms with Gasteiger partial charge in [-0.3, -0.25) is 4.98 Å². The Balaban J connectivity index is 1.79. The molecule has 0 aliphatic carbocycles. The first-order valence-electron chi connectivity index (χ1n) is 5.82. The number of H-pyrrole nitrogens is 1. The second kappa shape index (κ2) is 4.52. The van der Waals surface area contributed by atoms with Gasteiger partial charge >= 0.3 is 5.69 Å². The fraction of sp³-hybridized carbons (Fsp3) is 0.167. The number of pyridine rings is 1. The van der Waals surface area contributed by atoms with E-state index in [0.29, 0.717) is 18.0 Å². The van der Waals surface area contributed by atoms with E-state index in [0.717, 1.165) is 11.3 Å². The smallest absolute Gasteiger partial charge is 0.364 e. The third-order valence-electron chi connectivity index (χ3n) is 2.72. The van der Waals surface area contributed by atoms with Crippen LogP contribution in [-0.4, -0.2) is 24.8 Å². The molecule has 19 heavy (non-hydrogen) atoms. The second-order valence-corrected chi connectivity index (χ2v) is 4.18. The fourth-order valence-corrected chi connectivity index (χ4v) is 1.69. The summed E-state index contributed by atoms with van der Waals surface area (Å²) < 4.78 is 1.22. The highest BCUT2D eigenvalue weighted by Gasteiger charge is 2.02. The summed E-state index contributed by atoms with van der Waals surface area (Å²) in [5.41, 5.74) is 2.17. The van der Waals surface area contributed by atoms with Crippen molar-refractivity contribution in [3.05, 3.63) is 52.2 Å². The number of anilines is 1. The van der Waals surface area contributed by atoms with E-state index in [9.17, 15) is 4.79 Å². The Kier molecular flexibility index (Phi) is 2.71. The molecule has 0 aliphatic heterocycles. The molecule has 0 unspecified atom stereocenters. The van der Waals surface area contributed by atoms with Crippen molar-refractivity contribution >= 4 is 11.5 Å². The van der Waals surface area contributed by atoms with E-state index in [1.807, 2.05) is 25.3 Å². The zero-order chi connectivity index (χ0) is 13.2. The number of hydrogen-bond donors (Lipinski definition) is 2. The lowest BCUT2D eigenvalue weighted by atomic mass is 10.2.